The molecule has 0 radical (unpaired) electrons. The van der Waals surface area contributed by atoms with Gasteiger partial charge in [0.2, 0.25) is 0 Å². The topological polar surface area (TPSA) is 54.9 Å². The molecule has 2 atom stereocenters. The highest BCUT2D eigenvalue weighted by Gasteiger charge is 2.27. The van der Waals surface area contributed by atoms with Crippen molar-refractivity contribution in [1.29, 1.82) is 0 Å². The van der Waals surface area contributed by atoms with E-state index in [2.05, 4.69) is 48.7 Å². The Balaban J connectivity index is 0.00000312. The van der Waals surface area contributed by atoms with E-state index in [0.29, 0.717) is 12.5 Å². The third-order valence-electron chi connectivity index (χ3n) is 4.28. The van der Waals surface area contributed by atoms with Crippen LogP contribution in [0, 0.1) is 12.8 Å². The predicted molar refractivity (Wildman–Crippen MR) is 114 cm³/mol. The van der Waals surface area contributed by atoms with Crippen molar-refractivity contribution < 1.29 is 9.47 Å². The van der Waals surface area contributed by atoms with Crippen LogP contribution in [0.5, 0.6) is 0 Å². The van der Waals surface area contributed by atoms with E-state index in [1.165, 1.54) is 11.1 Å². The summed E-state index contributed by atoms with van der Waals surface area (Å²) in [4.78, 5) is 4.76. The molecule has 0 amide bonds. The van der Waals surface area contributed by atoms with Crippen LogP contribution >= 0.6 is 24.0 Å². The summed E-state index contributed by atoms with van der Waals surface area (Å²) in [6.07, 6.45) is 2.40. The Morgan fingerprint density at radius 1 is 1.28 bits per heavy atom. The lowest BCUT2D eigenvalue weighted by Gasteiger charge is -2.31. The lowest BCUT2D eigenvalue weighted by atomic mass is 9.89. The first-order valence-electron chi connectivity index (χ1n) is 8.94. The summed E-state index contributed by atoms with van der Waals surface area (Å²) in [5.74, 6) is 1.27. The van der Waals surface area contributed by atoms with E-state index in [1.54, 1.807) is 7.11 Å². The maximum Gasteiger partial charge on any atom is 0.191 e. The number of hydrogen-bond acceptors (Lipinski definition) is 3. The number of aliphatic imine (C=N–C) groups is 1. The fourth-order valence-electron chi connectivity index (χ4n) is 2.98. The highest BCUT2D eigenvalue weighted by molar-refractivity contribution is 14.0. The van der Waals surface area contributed by atoms with Crippen LogP contribution in [0.3, 0.4) is 0 Å². The van der Waals surface area contributed by atoms with Crippen LogP contribution in [0.15, 0.2) is 29.3 Å². The Morgan fingerprint density at radius 2 is 2.04 bits per heavy atom. The molecule has 2 N–H and O–H groups in total. The molecule has 2 rings (SSSR count). The molecule has 1 fully saturated rings. The third kappa shape index (κ3) is 7.50. The standard InChI is InChI=1S/C19H31N3O2.HI/c1-4-20-19(21-11-13-23-3)22-14-17-6-5-12-24-18(17)16-9-7-15(2)8-10-16;/h7-10,17-18H,4-6,11-14H2,1-3H3,(H2,20,21,22);1H. The number of hydrogen-bond donors (Lipinski definition) is 2. The zero-order chi connectivity index (χ0) is 17.2. The molecule has 0 aromatic heterocycles. The number of halogens is 1. The van der Waals surface area contributed by atoms with Crippen LogP contribution < -0.4 is 10.6 Å². The molecular weight excluding hydrogens is 429 g/mol. The van der Waals surface area contributed by atoms with Gasteiger partial charge < -0.3 is 20.1 Å². The van der Waals surface area contributed by atoms with Crippen LogP contribution in [0.25, 0.3) is 0 Å². The quantitative estimate of drug-likeness (QED) is 0.283. The van der Waals surface area contributed by atoms with E-state index in [0.717, 1.165) is 45.0 Å². The molecule has 1 aromatic rings. The fourth-order valence-corrected chi connectivity index (χ4v) is 2.98. The van der Waals surface area contributed by atoms with Gasteiger partial charge in [-0.25, -0.2) is 0 Å². The second-order valence-electron chi connectivity index (χ2n) is 6.24. The summed E-state index contributed by atoms with van der Waals surface area (Å²) in [5, 5.41) is 6.58. The van der Waals surface area contributed by atoms with Crippen molar-refractivity contribution in [3.8, 4) is 0 Å². The van der Waals surface area contributed by atoms with Crippen LogP contribution in [0.2, 0.25) is 0 Å². The second-order valence-corrected chi connectivity index (χ2v) is 6.24. The van der Waals surface area contributed by atoms with Gasteiger partial charge in [0.05, 0.1) is 12.7 Å². The van der Waals surface area contributed by atoms with Crippen LogP contribution in [-0.4, -0.2) is 45.9 Å². The van der Waals surface area contributed by atoms with Crippen molar-refractivity contribution in [1.82, 2.24) is 10.6 Å². The Hall–Kier alpha value is -0.860. The van der Waals surface area contributed by atoms with E-state index in [-0.39, 0.29) is 30.1 Å². The van der Waals surface area contributed by atoms with Gasteiger partial charge in [0.1, 0.15) is 0 Å². The van der Waals surface area contributed by atoms with E-state index < -0.39 is 0 Å². The van der Waals surface area contributed by atoms with E-state index in [9.17, 15) is 0 Å². The summed E-state index contributed by atoms with van der Waals surface area (Å²) in [6.45, 7) is 8.06. The number of nitrogens with zero attached hydrogens (tertiary/aromatic N) is 1. The molecule has 6 heteroatoms. The van der Waals surface area contributed by atoms with Gasteiger partial charge >= 0.3 is 0 Å². The molecule has 142 valence electrons. The molecule has 0 saturated carbocycles. The van der Waals surface area contributed by atoms with Gasteiger partial charge in [-0.05, 0) is 32.3 Å². The van der Waals surface area contributed by atoms with Gasteiger partial charge in [-0.2, -0.15) is 0 Å². The van der Waals surface area contributed by atoms with E-state index in [4.69, 9.17) is 14.5 Å². The van der Waals surface area contributed by atoms with Gasteiger partial charge in [-0.1, -0.05) is 29.8 Å². The van der Waals surface area contributed by atoms with Gasteiger partial charge in [0.25, 0.3) is 0 Å². The molecule has 0 aliphatic carbocycles. The minimum absolute atomic E-state index is 0. The molecule has 1 aliphatic heterocycles. The minimum Gasteiger partial charge on any atom is -0.383 e. The van der Waals surface area contributed by atoms with E-state index in [1.807, 2.05) is 0 Å². The molecule has 1 heterocycles. The van der Waals surface area contributed by atoms with Crippen molar-refractivity contribution in [3.05, 3.63) is 35.4 Å². The van der Waals surface area contributed by atoms with Crippen molar-refractivity contribution in [2.45, 2.75) is 32.8 Å². The highest BCUT2D eigenvalue weighted by Crippen LogP contribution is 2.33. The number of benzene rings is 1. The lowest BCUT2D eigenvalue weighted by molar-refractivity contribution is -0.0250. The predicted octanol–water partition coefficient (Wildman–Crippen LogP) is 3.28. The van der Waals surface area contributed by atoms with Gasteiger partial charge in [0, 0.05) is 39.3 Å². The molecular formula is C19H32IN3O2. The molecule has 0 bridgehead atoms. The van der Waals surface area contributed by atoms with Crippen LogP contribution in [-0.2, 0) is 9.47 Å². The number of nitrogens with one attached hydrogen (secondary N) is 2. The fraction of sp³-hybridized carbons (Fsp3) is 0.632. The molecule has 0 spiro atoms. The maximum absolute atomic E-state index is 6.08. The minimum atomic E-state index is 0. The third-order valence-corrected chi connectivity index (χ3v) is 4.28. The normalized spacial score (nSPS) is 20.7. The monoisotopic (exact) mass is 461 g/mol. The number of ether oxygens (including phenoxy) is 2. The smallest absolute Gasteiger partial charge is 0.191 e. The van der Waals surface area contributed by atoms with Crippen molar-refractivity contribution in [2.24, 2.45) is 10.9 Å². The average molecular weight is 461 g/mol. The Kier molecular flexibility index (Phi) is 11.1. The average Bonchev–Trinajstić information content (AvgIpc) is 2.61. The number of rotatable bonds is 7. The summed E-state index contributed by atoms with van der Waals surface area (Å²) in [5.41, 5.74) is 2.54. The highest BCUT2D eigenvalue weighted by atomic mass is 127. The zero-order valence-corrected chi connectivity index (χ0v) is 17.9. The summed E-state index contributed by atoms with van der Waals surface area (Å²) in [7, 11) is 1.71. The largest absolute Gasteiger partial charge is 0.383 e. The summed E-state index contributed by atoms with van der Waals surface area (Å²) >= 11 is 0. The van der Waals surface area contributed by atoms with Crippen LogP contribution in [0.1, 0.15) is 37.0 Å². The Morgan fingerprint density at radius 3 is 2.72 bits per heavy atom. The van der Waals surface area contributed by atoms with E-state index >= 15 is 0 Å². The SMILES string of the molecule is CCNC(=NCC1CCCOC1c1ccc(C)cc1)NCCOC.I. The molecule has 1 aliphatic rings. The number of methoxy groups -OCH3 is 1. The lowest BCUT2D eigenvalue weighted by Crippen LogP contribution is -2.39. The van der Waals surface area contributed by atoms with Crippen molar-refractivity contribution >= 4 is 29.9 Å². The maximum atomic E-state index is 6.08. The first kappa shape index (κ1) is 22.2. The van der Waals surface area contributed by atoms with Gasteiger partial charge in [-0.3, -0.25) is 4.99 Å². The zero-order valence-electron chi connectivity index (χ0n) is 15.6. The van der Waals surface area contributed by atoms with Gasteiger partial charge in [0.15, 0.2) is 5.96 Å². The molecule has 25 heavy (non-hydrogen) atoms. The first-order chi connectivity index (χ1) is 11.7. The molecule has 1 saturated heterocycles. The van der Waals surface area contributed by atoms with Gasteiger partial charge in [-0.15, -0.1) is 24.0 Å². The first-order valence-corrected chi connectivity index (χ1v) is 8.94. The summed E-state index contributed by atoms with van der Waals surface area (Å²) in [6, 6.07) is 8.68. The Bertz CT molecular complexity index is 508. The second kappa shape index (κ2) is 12.5. The van der Waals surface area contributed by atoms with Crippen molar-refractivity contribution in [2.75, 3.05) is 40.0 Å². The number of guanidine groups is 1. The summed E-state index contributed by atoms with van der Waals surface area (Å²) < 4.78 is 11.2. The molecule has 1 aromatic carbocycles. The van der Waals surface area contributed by atoms with Crippen LogP contribution in [0.4, 0.5) is 0 Å². The van der Waals surface area contributed by atoms with Crippen molar-refractivity contribution in [3.63, 3.8) is 0 Å². The Labute approximate surface area is 169 Å². The molecule has 2 unspecified atom stereocenters. The number of aryl methyl sites for hydroxylation is 1. The molecule has 5 nitrogen and oxygen atoms in total.